The minimum atomic E-state index is -4.42. The zero-order chi connectivity index (χ0) is 28.8. The number of amides is 2. The van der Waals surface area contributed by atoms with Crippen LogP contribution in [0.2, 0.25) is 0 Å². The van der Waals surface area contributed by atoms with Gasteiger partial charge in [-0.3, -0.25) is 9.59 Å². The Kier molecular flexibility index (Phi) is 6.21. The number of fused-ring (bicyclic) bond motifs is 6. The van der Waals surface area contributed by atoms with Gasteiger partial charge in [-0.2, -0.15) is 13.2 Å². The van der Waals surface area contributed by atoms with Crippen LogP contribution in [0.15, 0.2) is 29.5 Å². The van der Waals surface area contributed by atoms with Crippen LogP contribution in [0.1, 0.15) is 77.1 Å². The van der Waals surface area contributed by atoms with Crippen LogP contribution in [0.25, 0.3) is 11.0 Å². The molecule has 2 heterocycles. The lowest BCUT2D eigenvalue weighted by Crippen LogP contribution is -2.55. The highest BCUT2D eigenvalue weighted by atomic mass is 19.4. The van der Waals surface area contributed by atoms with E-state index in [1.807, 2.05) is 11.9 Å². The number of halogens is 3. The Hall–Kier alpha value is -2.84. The first-order chi connectivity index (χ1) is 18.8. The molecule has 216 valence electrons. The van der Waals surface area contributed by atoms with Crippen molar-refractivity contribution in [2.75, 3.05) is 7.05 Å². The minimum absolute atomic E-state index is 0.00350. The van der Waals surface area contributed by atoms with Gasteiger partial charge in [0, 0.05) is 37.5 Å². The Morgan fingerprint density at radius 2 is 1.88 bits per heavy atom. The van der Waals surface area contributed by atoms with Gasteiger partial charge in [0.2, 0.25) is 11.8 Å². The van der Waals surface area contributed by atoms with Crippen molar-refractivity contribution in [3.05, 3.63) is 40.9 Å². The fourth-order valence-electron chi connectivity index (χ4n) is 9.40. The Labute approximate surface area is 233 Å². The molecule has 0 bridgehead atoms. The maximum absolute atomic E-state index is 13.6. The fraction of sp³-hybridized carbons (Fsp3) is 0.645. The van der Waals surface area contributed by atoms with Crippen molar-refractivity contribution in [1.82, 2.24) is 19.8 Å². The Morgan fingerprint density at radius 3 is 2.60 bits per heavy atom. The minimum Gasteiger partial charge on any atom is -0.349 e. The number of carbonyl (C=O) groups excluding carboxylic acids is 2. The van der Waals surface area contributed by atoms with E-state index in [1.165, 1.54) is 17.3 Å². The molecule has 6 rings (SSSR count). The second-order valence-electron chi connectivity index (χ2n) is 13.3. The number of aromatic nitrogens is 2. The highest BCUT2D eigenvalue weighted by molar-refractivity contribution is 5.81. The van der Waals surface area contributed by atoms with Crippen LogP contribution in [0.4, 0.5) is 13.2 Å². The SMILES string of the molecule is CC1=C2N(C)C(=O)CC[C@]2(C)[C@@H]2CC[C@]3(C)C(C(=O)NCc4nc5ccc(C(F)(F)F)cc5n4C)CC[C@H]3[C@@H]2C1. The van der Waals surface area contributed by atoms with E-state index in [0.29, 0.717) is 41.0 Å². The van der Waals surface area contributed by atoms with E-state index in [-0.39, 0.29) is 35.1 Å². The predicted octanol–water partition coefficient (Wildman–Crippen LogP) is 6.20. The van der Waals surface area contributed by atoms with Crippen LogP contribution in [0, 0.1) is 34.5 Å². The molecule has 4 aliphatic rings. The predicted molar refractivity (Wildman–Crippen MR) is 146 cm³/mol. The number of allylic oxidation sites excluding steroid dienone is 2. The summed E-state index contributed by atoms with van der Waals surface area (Å²) in [4.78, 5) is 32.6. The number of benzene rings is 1. The van der Waals surface area contributed by atoms with Gasteiger partial charge in [-0.15, -0.1) is 0 Å². The lowest BCUT2D eigenvalue weighted by Gasteiger charge is -2.59. The summed E-state index contributed by atoms with van der Waals surface area (Å²) in [5, 5.41) is 3.09. The lowest BCUT2D eigenvalue weighted by molar-refractivity contribution is -0.138. The van der Waals surface area contributed by atoms with E-state index in [2.05, 4.69) is 31.1 Å². The number of alkyl halides is 3. The molecule has 0 spiro atoms. The largest absolute Gasteiger partial charge is 0.416 e. The number of nitrogens with one attached hydrogen (secondary N) is 1. The molecule has 9 heteroatoms. The summed E-state index contributed by atoms with van der Waals surface area (Å²) in [6.45, 7) is 7.03. The van der Waals surface area contributed by atoms with Crippen LogP contribution in [-0.2, 0) is 29.4 Å². The third-order valence-corrected chi connectivity index (χ3v) is 11.3. The second-order valence-corrected chi connectivity index (χ2v) is 13.3. The molecule has 6 atom stereocenters. The molecule has 0 radical (unpaired) electrons. The summed E-state index contributed by atoms with van der Waals surface area (Å²) in [6, 6.07) is 3.54. The van der Waals surface area contributed by atoms with Crippen molar-refractivity contribution in [1.29, 1.82) is 0 Å². The zero-order valence-electron chi connectivity index (χ0n) is 24.0. The Bertz CT molecular complexity index is 1430. The number of hydrogen-bond acceptors (Lipinski definition) is 3. The molecule has 1 unspecified atom stereocenters. The molecule has 1 aliphatic heterocycles. The van der Waals surface area contributed by atoms with Gasteiger partial charge >= 0.3 is 6.18 Å². The van der Waals surface area contributed by atoms with E-state index in [0.717, 1.165) is 50.7 Å². The molecule has 1 saturated heterocycles. The molecule has 6 nitrogen and oxygen atoms in total. The monoisotopic (exact) mass is 556 g/mol. The first-order valence-electron chi connectivity index (χ1n) is 14.5. The quantitative estimate of drug-likeness (QED) is 0.489. The van der Waals surface area contributed by atoms with Crippen molar-refractivity contribution in [2.45, 2.75) is 78.4 Å². The van der Waals surface area contributed by atoms with Crippen molar-refractivity contribution in [2.24, 2.45) is 41.5 Å². The summed E-state index contributed by atoms with van der Waals surface area (Å²) in [6.07, 6.45) is 1.98. The number of imidazole rings is 1. The fourth-order valence-corrected chi connectivity index (χ4v) is 9.40. The maximum atomic E-state index is 13.6. The highest BCUT2D eigenvalue weighted by Crippen LogP contribution is 2.66. The second kappa shape index (κ2) is 9.08. The van der Waals surface area contributed by atoms with E-state index < -0.39 is 11.7 Å². The van der Waals surface area contributed by atoms with Crippen LogP contribution < -0.4 is 5.32 Å². The van der Waals surface area contributed by atoms with Gasteiger partial charge in [-0.25, -0.2) is 4.98 Å². The zero-order valence-corrected chi connectivity index (χ0v) is 24.0. The van der Waals surface area contributed by atoms with Crippen molar-refractivity contribution in [3.63, 3.8) is 0 Å². The molecule has 2 aromatic rings. The van der Waals surface area contributed by atoms with Crippen LogP contribution in [0.3, 0.4) is 0 Å². The van der Waals surface area contributed by atoms with Crippen LogP contribution >= 0.6 is 0 Å². The molecule has 1 aromatic heterocycles. The van der Waals surface area contributed by atoms with Gasteiger partial charge in [0.25, 0.3) is 0 Å². The van der Waals surface area contributed by atoms with E-state index >= 15 is 0 Å². The van der Waals surface area contributed by atoms with Gasteiger partial charge in [0.05, 0.1) is 23.1 Å². The number of carbonyl (C=O) groups is 2. The van der Waals surface area contributed by atoms with E-state index in [9.17, 15) is 22.8 Å². The highest BCUT2D eigenvalue weighted by Gasteiger charge is 2.61. The molecular formula is C31H39F3N4O2. The van der Waals surface area contributed by atoms with Crippen molar-refractivity contribution in [3.8, 4) is 0 Å². The number of likely N-dealkylation sites (tertiary alicyclic amines) is 1. The Balaban J connectivity index is 1.20. The molecule has 3 aliphatic carbocycles. The maximum Gasteiger partial charge on any atom is 0.416 e. The number of nitrogens with zero attached hydrogens (tertiary/aromatic N) is 3. The van der Waals surface area contributed by atoms with Gasteiger partial charge in [-0.1, -0.05) is 19.4 Å². The van der Waals surface area contributed by atoms with Gasteiger partial charge < -0.3 is 14.8 Å². The summed E-state index contributed by atoms with van der Waals surface area (Å²) in [7, 11) is 3.62. The normalized spacial score (nSPS) is 34.1. The summed E-state index contributed by atoms with van der Waals surface area (Å²) in [5.41, 5.74) is 2.65. The number of hydrogen-bond donors (Lipinski definition) is 1. The number of rotatable bonds is 3. The van der Waals surface area contributed by atoms with Gasteiger partial charge in [0.15, 0.2) is 0 Å². The van der Waals surface area contributed by atoms with E-state index in [1.54, 1.807) is 11.6 Å². The van der Waals surface area contributed by atoms with Gasteiger partial charge in [0.1, 0.15) is 5.82 Å². The topological polar surface area (TPSA) is 67.2 Å². The summed E-state index contributed by atoms with van der Waals surface area (Å²) >= 11 is 0. The standard InChI is InChI=1S/C31H39F3N4O2/c1-17-14-19-20-7-8-22(29(20,2)12-10-21(19)30(3)13-11-26(39)38(5)27(17)30)28(40)35-16-25-36-23-9-6-18(31(32,33)34)15-24(23)37(25)4/h6,9,15,19-22H,7-8,10-14,16H2,1-5H3,(H,35,40)/t19-,20-,21+,22?,29-,30+/m0/s1. The van der Waals surface area contributed by atoms with Gasteiger partial charge in [-0.05, 0) is 86.8 Å². The lowest BCUT2D eigenvalue weighted by atomic mass is 9.48. The Morgan fingerprint density at radius 1 is 1.12 bits per heavy atom. The molecule has 2 saturated carbocycles. The number of aryl methyl sites for hydroxylation is 1. The number of piperidine rings is 1. The molecule has 1 N–H and O–H groups in total. The van der Waals surface area contributed by atoms with Crippen molar-refractivity contribution < 1.29 is 22.8 Å². The molecule has 1 aromatic carbocycles. The van der Waals surface area contributed by atoms with Crippen LogP contribution in [0.5, 0.6) is 0 Å². The molecular weight excluding hydrogens is 517 g/mol. The summed E-state index contributed by atoms with van der Waals surface area (Å²) in [5.74, 6) is 2.15. The smallest absolute Gasteiger partial charge is 0.349 e. The molecule has 2 amide bonds. The average molecular weight is 557 g/mol. The van der Waals surface area contributed by atoms with Crippen molar-refractivity contribution >= 4 is 22.8 Å². The third kappa shape index (κ3) is 3.93. The average Bonchev–Trinajstić information content (AvgIpc) is 3.41. The summed E-state index contributed by atoms with van der Waals surface area (Å²) < 4.78 is 41.3. The first-order valence-corrected chi connectivity index (χ1v) is 14.5. The first kappa shape index (κ1) is 27.3. The van der Waals surface area contributed by atoms with E-state index in [4.69, 9.17) is 0 Å². The molecule has 40 heavy (non-hydrogen) atoms. The molecule has 3 fully saturated rings. The van der Waals surface area contributed by atoms with Crippen LogP contribution in [-0.4, -0.2) is 33.3 Å². The third-order valence-electron chi connectivity index (χ3n) is 11.3.